The lowest BCUT2D eigenvalue weighted by Gasteiger charge is -2.36. The van der Waals surface area contributed by atoms with Crippen LogP contribution in [0, 0.1) is 5.82 Å². The number of nitrogens with zero attached hydrogens (tertiary/aromatic N) is 2. The molecule has 1 aromatic carbocycles. The van der Waals surface area contributed by atoms with Gasteiger partial charge < -0.3 is 4.90 Å². The molecule has 1 amide bonds. The molecule has 20 heavy (non-hydrogen) atoms. The van der Waals surface area contributed by atoms with Gasteiger partial charge in [-0.3, -0.25) is 4.79 Å². The Bertz CT molecular complexity index is 647. The maximum Gasteiger partial charge on any atom is 0.243 e. The number of amides is 1. The lowest BCUT2D eigenvalue weighted by Crippen LogP contribution is -2.53. The molecule has 0 bridgehead atoms. The molecular formula is C13H15FN2O3S. The fourth-order valence-corrected chi connectivity index (χ4v) is 4.33. The van der Waals surface area contributed by atoms with E-state index in [1.807, 2.05) is 0 Å². The van der Waals surface area contributed by atoms with E-state index >= 15 is 0 Å². The van der Waals surface area contributed by atoms with Gasteiger partial charge in [0.2, 0.25) is 15.9 Å². The molecule has 1 atom stereocenters. The lowest BCUT2D eigenvalue weighted by molar-refractivity contribution is -0.130. The van der Waals surface area contributed by atoms with Crippen molar-refractivity contribution in [2.75, 3.05) is 19.6 Å². The van der Waals surface area contributed by atoms with Gasteiger partial charge in [-0.15, -0.1) is 0 Å². The minimum atomic E-state index is -3.69. The normalized spacial score (nSPS) is 23.9. The van der Waals surface area contributed by atoms with Crippen molar-refractivity contribution in [1.82, 2.24) is 9.21 Å². The number of halogens is 1. The van der Waals surface area contributed by atoms with Crippen LogP contribution in [0.25, 0.3) is 0 Å². The Morgan fingerprint density at radius 2 is 2.05 bits per heavy atom. The first kappa shape index (κ1) is 13.5. The van der Waals surface area contributed by atoms with E-state index in [0.717, 1.165) is 6.07 Å². The molecule has 0 aromatic heterocycles. The highest BCUT2D eigenvalue weighted by molar-refractivity contribution is 7.89. The average Bonchev–Trinajstić information content (AvgIpc) is 2.80. The van der Waals surface area contributed by atoms with Crippen molar-refractivity contribution in [3.63, 3.8) is 0 Å². The molecule has 2 fully saturated rings. The van der Waals surface area contributed by atoms with Crippen molar-refractivity contribution in [3.8, 4) is 0 Å². The molecule has 108 valence electrons. The van der Waals surface area contributed by atoms with E-state index in [1.165, 1.54) is 22.5 Å². The molecule has 0 unspecified atom stereocenters. The topological polar surface area (TPSA) is 57.7 Å². The summed E-state index contributed by atoms with van der Waals surface area (Å²) in [6.45, 7) is 0.976. The van der Waals surface area contributed by atoms with Crippen LogP contribution < -0.4 is 0 Å². The Kier molecular flexibility index (Phi) is 3.25. The Labute approximate surface area is 117 Å². The summed E-state index contributed by atoms with van der Waals surface area (Å²) in [4.78, 5) is 13.3. The first-order valence-corrected chi connectivity index (χ1v) is 7.98. The van der Waals surface area contributed by atoms with E-state index in [0.29, 0.717) is 25.9 Å². The van der Waals surface area contributed by atoms with E-state index in [2.05, 4.69) is 0 Å². The van der Waals surface area contributed by atoms with Gasteiger partial charge in [0.05, 0.1) is 4.90 Å². The Morgan fingerprint density at radius 3 is 2.80 bits per heavy atom. The number of rotatable bonds is 2. The quantitative estimate of drug-likeness (QED) is 0.812. The third kappa shape index (κ3) is 2.20. The van der Waals surface area contributed by atoms with Crippen molar-refractivity contribution in [1.29, 1.82) is 0 Å². The molecule has 2 heterocycles. The Morgan fingerprint density at radius 1 is 1.25 bits per heavy atom. The second-order valence-corrected chi connectivity index (χ2v) is 7.04. The number of hydrogen-bond donors (Lipinski definition) is 0. The van der Waals surface area contributed by atoms with Gasteiger partial charge >= 0.3 is 0 Å². The van der Waals surface area contributed by atoms with Crippen molar-refractivity contribution in [3.05, 3.63) is 30.1 Å². The number of benzene rings is 1. The highest BCUT2D eigenvalue weighted by atomic mass is 32.2. The smallest absolute Gasteiger partial charge is 0.243 e. The number of carbonyl (C=O) groups is 1. The predicted molar refractivity (Wildman–Crippen MR) is 69.9 cm³/mol. The monoisotopic (exact) mass is 298 g/mol. The second-order valence-electron chi connectivity index (χ2n) is 5.10. The van der Waals surface area contributed by atoms with Crippen LogP contribution in [0.1, 0.15) is 12.8 Å². The van der Waals surface area contributed by atoms with Gasteiger partial charge in [0.1, 0.15) is 5.82 Å². The van der Waals surface area contributed by atoms with Gasteiger partial charge in [-0.1, -0.05) is 6.07 Å². The van der Waals surface area contributed by atoms with Gasteiger partial charge in [0.25, 0.3) is 0 Å². The van der Waals surface area contributed by atoms with Crippen molar-refractivity contribution < 1.29 is 17.6 Å². The fraction of sp³-hybridized carbons (Fsp3) is 0.462. The van der Waals surface area contributed by atoms with E-state index < -0.39 is 15.8 Å². The van der Waals surface area contributed by atoms with Crippen LogP contribution in [0.15, 0.2) is 29.2 Å². The number of sulfonamides is 1. The number of piperazine rings is 1. The van der Waals surface area contributed by atoms with Gasteiger partial charge in [0, 0.05) is 32.1 Å². The molecular weight excluding hydrogens is 283 g/mol. The van der Waals surface area contributed by atoms with Gasteiger partial charge in [-0.05, 0) is 24.6 Å². The highest BCUT2D eigenvalue weighted by Gasteiger charge is 2.39. The zero-order chi connectivity index (χ0) is 14.3. The minimum Gasteiger partial charge on any atom is -0.337 e. The van der Waals surface area contributed by atoms with Crippen molar-refractivity contribution in [2.45, 2.75) is 23.8 Å². The summed E-state index contributed by atoms with van der Waals surface area (Å²) in [5, 5.41) is 0. The molecule has 7 heteroatoms. The van der Waals surface area contributed by atoms with Crippen molar-refractivity contribution >= 4 is 15.9 Å². The molecule has 2 aliphatic rings. The second kappa shape index (κ2) is 4.82. The van der Waals surface area contributed by atoms with E-state index in [1.54, 1.807) is 4.90 Å². The zero-order valence-corrected chi connectivity index (χ0v) is 11.6. The van der Waals surface area contributed by atoms with Gasteiger partial charge in [-0.2, -0.15) is 4.31 Å². The van der Waals surface area contributed by atoms with Crippen LogP contribution in [-0.2, 0) is 14.8 Å². The summed E-state index contributed by atoms with van der Waals surface area (Å²) in [5.41, 5.74) is 0. The Hall–Kier alpha value is -1.47. The first-order valence-electron chi connectivity index (χ1n) is 6.54. The third-order valence-electron chi connectivity index (χ3n) is 3.89. The molecule has 0 saturated carbocycles. The Balaban J connectivity index is 1.84. The van der Waals surface area contributed by atoms with Crippen molar-refractivity contribution in [2.24, 2.45) is 0 Å². The summed E-state index contributed by atoms with van der Waals surface area (Å²) in [7, 11) is -3.69. The molecule has 0 aliphatic carbocycles. The highest BCUT2D eigenvalue weighted by Crippen LogP contribution is 2.26. The maximum absolute atomic E-state index is 13.2. The van der Waals surface area contributed by atoms with E-state index in [-0.39, 0.29) is 23.4 Å². The van der Waals surface area contributed by atoms with Crippen LogP contribution >= 0.6 is 0 Å². The summed E-state index contributed by atoms with van der Waals surface area (Å²) in [6, 6.07) is 4.98. The fourth-order valence-electron chi connectivity index (χ4n) is 2.83. The number of hydrogen-bond acceptors (Lipinski definition) is 3. The lowest BCUT2D eigenvalue weighted by atomic mass is 10.2. The molecule has 5 nitrogen and oxygen atoms in total. The molecule has 1 aromatic rings. The maximum atomic E-state index is 13.2. The molecule has 2 aliphatic heterocycles. The van der Waals surface area contributed by atoms with Crippen LogP contribution in [0.3, 0.4) is 0 Å². The molecule has 0 N–H and O–H groups in total. The molecule has 3 rings (SSSR count). The zero-order valence-electron chi connectivity index (χ0n) is 10.8. The SMILES string of the molecule is O=C1CC[C@H]2CN(S(=O)(=O)c3cccc(F)c3)CCN12. The van der Waals surface area contributed by atoms with Gasteiger partial charge in [-0.25, -0.2) is 12.8 Å². The largest absolute Gasteiger partial charge is 0.337 e. The van der Waals surface area contributed by atoms with Crippen LogP contribution in [0.4, 0.5) is 4.39 Å². The van der Waals surface area contributed by atoms with Crippen LogP contribution in [-0.4, -0.2) is 49.2 Å². The molecule has 0 radical (unpaired) electrons. The standard InChI is InChI=1S/C13H15FN2O3S/c14-10-2-1-3-12(8-10)20(18,19)15-6-7-16-11(9-15)4-5-13(16)17/h1-3,8,11H,4-7,9H2/t11-/m0/s1. The summed E-state index contributed by atoms with van der Waals surface area (Å²) < 4.78 is 39.5. The first-order chi connectivity index (χ1) is 9.48. The third-order valence-corrected chi connectivity index (χ3v) is 5.75. The number of carbonyl (C=O) groups excluding carboxylic acids is 1. The molecule has 2 saturated heterocycles. The average molecular weight is 298 g/mol. The van der Waals surface area contributed by atoms with E-state index in [4.69, 9.17) is 0 Å². The summed E-state index contributed by atoms with van der Waals surface area (Å²) in [6.07, 6.45) is 1.17. The summed E-state index contributed by atoms with van der Waals surface area (Å²) >= 11 is 0. The summed E-state index contributed by atoms with van der Waals surface area (Å²) in [5.74, 6) is -0.474. The van der Waals surface area contributed by atoms with Gasteiger partial charge in [0.15, 0.2) is 0 Å². The predicted octanol–water partition coefficient (Wildman–Crippen LogP) is 0.821. The van der Waals surface area contributed by atoms with E-state index in [9.17, 15) is 17.6 Å². The van der Waals surface area contributed by atoms with Crippen LogP contribution in [0.5, 0.6) is 0 Å². The minimum absolute atomic E-state index is 0.0322. The van der Waals surface area contributed by atoms with Crippen LogP contribution in [0.2, 0.25) is 0 Å². The number of fused-ring (bicyclic) bond motifs is 1. The molecule has 0 spiro atoms.